The Morgan fingerprint density at radius 3 is 3.00 bits per heavy atom. The molecule has 5 heteroatoms. The molecule has 1 aromatic heterocycles. The third-order valence-corrected chi connectivity index (χ3v) is 1.32. The first-order valence-corrected chi connectivity index (χ1v) is 3.72. The van der Waals surface area contributed by atoms with Crippen LogP contribution in [0.4, 0.5) is 0 Å². The van der Waals surface area contributed by atoms with E-state index in [2.05, 4.69) is 10.1 Å². The van der Waals surface area contributed by atoms with E-state index in [0.29, 0.717) is 31.0 Å². The highest BCUT2D eigenvalue weighted by Gasteiger charge is 2.04. The zero-order valence-electron chi connectivity index (χ0n) is 6.56. The van der Waals surface area contributed by atoms with Gasteiger partial charge in [0.2, 0.25) is 5.89 Å². The van der Waals surface area contributed by atoms with Crippen LogP contribution in [0.1, 0.15) is 18.1 Å². The summed E-state index contributed by atoms with van der Waals surface area (Å²) in [5.74, 6) is 0.934. The summed E-state index contributed by atoms with van der Waals surface area (Å²) in [7, 11) is 0. The summed E-state index contributed by atoms with van der Waals surface area (Å²) in [6.07, 6.45) is 2.06. The second kappa shape index (κ2) is 4.61. The van der Waals surface area contributed by atoms with Crippen molar-refractivity contribution in [1.82, 2.24) is 10.1 Å². The first kappa shape index (κ1) is 8.86. The van der Waals surface area contributed by atoms with Crippen LogP contribution < -0.4 is 0 Å². The molecule has 0 saturated heterocycles. The van der Waals surface area contributed by atoms with Crippen molar-refractivity contribution in [2.75, 3.05) is 6.61 Å². The lowest BCUT2D eigenvalue weighted by Gasteiger charge is -1.84. The number of aryl methyl sites for hydroxylation is 1. The van der Waals surface area contributed by atoms with Gasteiger partial charge in [-0.1, -0.05) is 5.16 Å². The van der Waals surface area contributed by atoms with Crippen LogP contribution in [0.2, 0.25) is 0 Å². The SMILES string of the molecule is O=CCCc1nc(CCO)no1. The van der Waals surface area contributed by atoms with E-state index in [1.165, 1.54) is 0 Å². The summed E-state index contributed by atoms with van der Waals surface area (Å²) in [5, 5.41) is 12.1. The Morgan fingerprint density at radius 1 is 1.50 bits per heavy atom. The third kappa shape index (κ3) is 2.43. The summed E-state index contributed by atoms with van der Waals surface area (Å²) in [4.78, 5) is 13.9. The van der Waals surface area contributed by atoms with Gasteiger partial charge in [0.05, 0.1) is 6.61 Å². The van der Waals surface area contributed by atoms with Crippen molar-refractivity contribution in [1.29, 1.82) is 0 Å². The Hall–Kier alpha value is -1.23. The average Bonchev–Trinajstić information content (AvgIpc) is 2.50. The number of aromatic nitrogens is 2. The number of hydrogen-bond donors (Lipinski definition) is 1. The maximum atomic E-state index is 9.98. The summed E-state index contributed by atoms with van der Waals surface area (Å²) in [6, 6.07) is 0. The second-order valence-electron chi connectivity index (χ2n) is 2.28. The number of carbonyl (C=O) groups excluding carboxylic acids is 1. The fraction of sp³-hybridized carbons (Fsp3) is 0.571. The molecule has 0 fully saturated rings. The lowest BCUT2D eigenvalue weighted by atomic mass is 10.3. The lowest BCUT2D eigenvalue weighted by Crippen LogP contribution is -1.93. The average molecular weight is 170 g/mol. The van der Waals surface area contributed by atoms with Crippen molar-refractivity contribution in [3.63, 3.8) is 0 Å². The number of aliphatic hydroxyl groups is 1. The van der Waals surface area contributed by atoms with Crippen molar-refractivity contribution in [3.05, 3.63) is 11.7 Å². The van der Waals surface area contributed by atoms with Gasteiger partial charge in [-0.05, 0) is 0 Å². The minimum Gasteiger partial charge on any atom is -0.396 e. The van der Waals surface area contributed by atoms with Gasteiger partial charge in [0.25, 0.3) is 0 Å². The van der Waals surface area contributed by atoms with Crippen LogP contribution in [0.3, 0.4) is 0 Å². The van der Waals surface area contributed by atoms with E-state index in [4.69, 9.17) is 9.63 Å². The number of nitrogens with zero attached hydrogens (tertiary/aromatic N) is 2. The van der Waals surface area contributed by atoms with E-state index in [0.717, 1.165) is 6.29 Å². The lowest BCUT2D eigenvalue weighted by molar-refractivity contribution is -0.107. The number of aliphatic hydroxyl groups excluding tert-OH is 1. The Labute approximate surface area is 69.4 Å². The van der Waals surface area contributed by atoms with Crippen molar-refractivity contribution >= 4 is 6.29 Å². The zero-order valence-corrected chi connectivity index (χ0v) is 6.56. The van der Waals surface area contributed by atoms with Crippen LogP contribution in [-0.4, -0.2) is 28.1 Å². The highest BCUT2D eigenvalue weighted by atomic mass is 16.5. The smallest absolute Gasteiger partial charge is 0.227 e. The van der Waals surface area contributed by atoms with Gasteiger partial charge in [0.1, 0.15) is 6.29 Å². The fourth-order valence-corrected chi connectivity index (χ4v) is 0.776. The summed E-state index contributed by atoms with van der Waals surface area (Å²) in [5.41, 5.74) is 0. The molecule has 0 radical (unpaired) electrons. The number of rotatable bonds is 5. The van der Waals surface area contributed by atoms with Gasteiger partial charge in [0, 0.05) is 19.3 Å². The summed E-state index contributed by atoms with van der Waals surface area (Å²) >= 11 is 0. The molecule has 0 aliphatic carbocycles. The molecule has 0 aliphatic heterocycles. The molecule has 1 rings (SSSR count). The van der Waals surface area contributed by atoms with Gasteiger partial charge in [-0.25, -0.2) is 0 Å². The van der Waals surface area contributed by atoms with Gasteiger partial charge >= 0.3 is 0 Å². The van der Waals surface area contributed by atoms with Crippen LogP contribution in [0, 0.1) is 0 Å². The van der Waals surface area contributed by atoms with Crippen LogP contribution in [0.25, 0.3) is 0 Å². The predicted octanol–water partition coefficient (Wildman–Crippen LogP) is -0.264. The predicted molar refractivity (Wildman–Crippen MR) is 39.5 cm³/mol. The molecule has 1 N–H and O–H groups in total. The topological polar surface area (TPSA) is 76.2 Å². The summed E-state index contributed by atoms with van der Waals surface area (Å²) < 4.78 is 4.79. The molecule has 1 heterocycles. The number of hydrogen-bond acceptors (Lipinski definition) is 5. The number of carbonyl (C=O) groups is 1. The Balaban J connectivity index is 2.46. The van der Waals surface area contributed by atoms with Crippen molar-refractivity contribution in [2.24, 2.45) is 0 Å². The molecule has 12 heavy (non-hydrogen) atoms. The van der Waals surface area contributed by atoms with Gasteiger partial charge in [-0.15, -0.1) is 0 Å². The van der Waals surface area contributed by atoms with E-state index in [1.807, 2.05) is 0 Å². The fourth-order valence-electron chi connectivity index (χ4n) is 0.776. The normalized spacial score (nSPS) is 10.1. The quantitative estimate of drug-likeness (QED) is 0.616. The maximum Gasteiger partial charge on any atom is 0.227 e. The van der Waals surface area contributed by atoms with E-state index in [-0.39, 0.29) is 6.61 Å². The Bertz CT molecular complexity index is 247. The molecule has 0 amide bonds. The molecule has 0 aliphatic rings. The third-order valence-electron chi connectivity index (χ3n) is 1.32. The van der Waals surface area contributed by atoms with Gasteiger partial charge in [-0.3, -0.25) is 0 Å². The van der Waals surface area contributed by atoms with E-state index >= 15 is 0 Å². The first-order chi connectivity index (χ1) is 5.86. The minimum atomic E-state index is 0.00660. The molecule has 0 aromatic carbocycles. The second-order valence-corrected chi connectivity index (χ2v) is 2.28. The molecular formula is C7H10N2O3. The molecule has 0 bridgehead atoms. The standard InChI is InChI=1S/C7H10N2O3/c10-4-1-2-7-8-6(3-5-11)9-12-7/h4,11H,1-3,5H2. The Kier molecular flexibility index (Phi) is 3.40. The molecule has 0 atom stereocenters. The molecule has 66 valence electrons. The van der Waals surface area contributed by atoms with Crippen molar-refractivity contribution in [2.45, 2.75) is 19.3 Å². The number of aldehydes is 1. The van der Waals surface area contributed by atoms with E-state index in [9.17, 15) is 4.79 Å². The molecule has 1 aromatic rings. The highest BCUT2D eigenvalue weighted by Crippen LogP contribution is 1.99. The summed E-state index contributed by atoms with van der Waals surface area (Å²) in [6.45, 7) is 0.00660. The first-order valence-electron chi connectivity index (χ1n) is 3.72. The van der Waals surface area contributed by atoms with Crippen LogP contribution in [-0.2, 0) is 17.6 Å². The van der Waals surface area contributed by atoms with Gasteiger partial charge in [-0.2, -0.15) is 4.98 Å². The monoisotopic (exact) mass is 170 g/mol. The van der Waals surface area contributed by atoms with Crippen molar-refractivity contribution < 1.29 is 14.4 Å². The molecular weight excluding hydrogens is 160 g/mol. The van der Waals surface area contributed by atoms with Crippen molar-refractivity contribution in [3.8, 4) is 0 Å². The molecule has 0 saturated carbocycles. The molecule has 0 spiro atoms. The Morgan fingerprint density at radius 2 is 2.33 bits per heavy atom. The van der Waals surface area contributed by atoms with Gasteiger partial charge < -0.3 is 14.4 Å². The van der Waals surface area contributed by atoms with E-state index in [1.54, 1.807) is 0 Å². The maximum absolute atomic E-state index is 9.98. The van der Waals surface area contributed by atoms with Crippen LogP contribution in [0.15, 0.2) is 4.52 Å². The van der Waals surface area contributed by atoms with Crippen LogP contribution >= 0.6 is 0 Å². The largest absolute Gasteiger partial charge is 0.396 e. The minimum absolute atomic E-state index is 0.00660. The van der Waals surface area contributed by atoms with E-state index < -0.39 is 0 Å². The molecule has 0 unspecified atom stereocenters. The van der Waals surface area contributed by atoms with Gasteiger partial charge in [0.15, 0.2) is 5.82 Å². The molecule has 5 nitrogen and oxygen atoms in total. The van der Waals surface area contributed by atoms with Crippen LogP contribution in [0.5, 0.6) is 0 Å². The zero-order chi connectivity index (χ0) is 8.81. The highest BCUT2D eigenvalue weighted by molar-refractivity contribution is 5.49.